The van der Waals surface area contributed by atoms with Gasteiger partial charge in [0.25, 0.3) is 0 Å². The van der Waals surface area contributed by atoms with Crippen molar-refractivity contribution in [3.05, 3.63) is 17.0 Å². The molecule has 1 rings (SSSR count). The number of nitrogens with one attached hydrogen (secondary N) is 1. The van der Waals surface area contributed by atoms with Gasteiger partial charge < -0.3 is 10.1 Å². The highest BCUT2D eigenvalue weighted by Gasteiger charge is 2.14. The van der Waals surface area contributed by atoms with Gasteiger partial charge in [-0.25, -0.2) is 0 Å². The number of aromatic nitrogens is 2. The largest absolute Gasteiger partial charge is 0.464 e. The first kappa shape index (κ1) is 16.7. The maximum Gasteiger partial charge on any atom is 0.327 e. The highest BCUT2D eigenvalue weighted by atomic mass is 16.5. The Kier molecular flexibility index (Phi) is 6.71. The Morgan fingerprint density at radius 3 is 2.70 bits per heavy atom. The van der Waals surface area contributed by atoms with E-state index in [9.17, 15) is 4.79 Å². The van der Waals surface area contributed by atoms with Crippen LogP contribution in [0.4, 0.5) is 0 Å². The number of esters is 1. The molecule has 0 saturated carbocycles. The van der Waals surface area contributed by atoms with E-state index in [0.29, 0.717) is 12.6 Å². The quantitative estimate of drug-likeness (QED) is 0.587. The Balaban J connectivity index is 2.62. The molecule has 0 atom stereocenters. The second kappa shape index (κ2) is 8.04. The van der Waals surface area contributed by atoms with E-state index in [2.05, 4.69) is 31.2 Å². The summed E-state index contributed by atoms with van der Waals surface area (Å²) >= 11 is 0. The molecule has 20 heavy (non-hydrogen) atoms. The van der Waals surface area contributed by atoms with E-state index in [-0.39, 0.29) is 12.5 Å². The van der Waals surface area contributed by atoms with E-state index >= 15 is 0 Å². The van der Waals surface area contributed by atoms with Gasteiger partial charge in [-0.3, -0.25) is 9.48 Å². The monoisotopic (exact) mass is 281 g/mol. The van der Waals surface area contributed by atoms with Crippen LogP contribution in [0.3, 0.4) is 0 Å². The highest BCUT2D eigenvalue weighted by molar-refractivity contribution is 5.69. The van der Waals surface area contributed by atoms with Gasteiger partial charge in [0, 0.05) is 23.8 Å². The average molecular weight is 281 g/mol. The average Bonchev–Trinajstić information content (AvgIpc) is 2.62. The van der Waals surface area contributed by atoms with Gasteiger partial charge in [-0.05, 0) is 20.3 Å². The molecule has 0 radical (unpaired) electrons. The minimum atomic E-state index is -0.215. The van der Waals surface area contributed by atoms with E-state index < -0.39 is 0 Å². The van der Waals surface area contributed by atoms with Gasteiger partial charge in [0.1, 0.15) is 6.54 Å². The number of nitrogens with zero attached hydrogens (tertiary/aromatic N) is 2. The number of hydrogen-bond acceptors (Lipinski definition) is 4. The lowest BCUT2D eigenvalue weighted by Crippen LogP contribution is -2.22. The van der Waals surface area contributed by atoms with Crippen molar-refractivity contribution in [1.29, 1.82) is 0 Å². The zero-order chi connectivity index (χ0) is 15.1. The van der Waals surface area contributed by atoms with E-state index in [0.717, 1.165) is 30.8 Å². The third kappa shape index (κ3) is 4.96. The molecule has 0 aromatic carbocycles. The summed E-state index contributed by atoms with van der Waals surface area (Å²) in [6.07, 6.45) is 1.94. The maximum absolute atomic E-state index is 11.7. The molecule has 0 bridgehead atoms. The molecule has 0 saturated heterocycles. The molecular weight excluding hydrogens is 254 g/mol. The first-order chi connectivity index (χ1) is 9.45. The second-order valence-corrected chi connectivity index (χ2v) is 5.42. The summed E-state index contributed by atoms with van der Waals surface area (Å²) in [6, 6.07) is 0.427. The number of aryl methyl sites for hydroxylation is 1. The summed E-state index contributed by atoms with van der Waals surface area (Å²) in [4.78, 5) is 11.7. The molecule has 1 aromatic rings. The van der Waals surface area contributed by atoms with Gasteiger partial charge in [-0.15, -0.1) is 0 Å². The topological polar surface area (TPSA) is 56.2 Å². The van der Waals surface area contributed by atoms with Gasteiger partial charge in [0.05, 0.1) is 12.3 Å². The molecule has 0 aliphatic rings. The van der Waals surface area contributed by atoms with Crippen LogP contribution in [0, 0.1) is 13.8 Å². The summed E-state index contributed by atoms with van der Waals surface area (Å²) in [5, 5.41) is 7.81. The molecule has 0 aliphatic carbocycles. The van der Waals surface area contributed by atoms with E-state index in [1.807, 2.05) is 13.8 Å². The fourth-order valence-electron chi connectivity index (χ4n) is 1.95. The fourth-order valence-corrected chi connectivity index (χ4v) is 1.95. The number of hydrogen-bond donors (Lipinski definition) is 1. The van der Waals surface area contributed by atoms with Crippen LogP contribution in [0.2, 0.25) is 0 Å². The van der Waals surface area contributed by atoms with Gasteiger partial charge >= 0.3 is 5.97 Å². The molecule has 1 N–H and O–H groups in total. The van der Waals surface area contributed by atoms with Crippen LogP contribution in [0.5, 0.6) is 0 Å². The van der Waals surface area contributed by atoms with Crippen LogP contribution in [-0.4, -0.2) is 28.4 Å². The molecule has 1 aromatic heterocycles. The van der Waals surface area contributed by atoms with Crippen molar-refractivity contribution < 1.29 is 9.53 Å². The standard InChI is InChI=1S/C15H27N3O2/c1-6-7-8-20-15(19)10-18-13(5)14(12(4)17-18)9-16-11(2)3/h11,16H,6-10H2,1-5H3. The molecule has 114 valence electrons. The van der Waals surface area contributed by atoms with Crippen LogP contribution >= 0.6 is 0 Å². The number of ether oxygens (including phenoxy) is 1. The zero-order valence-corrected chi connectivity index (χ0v) is 13.3. The summed E-state index contributed by atoms with van der Waals surface area (Å²) in [6.45, 7) is 11.7. The smallest absolute Gasteiger partial charge is 0.327 e. The number of unbranched alkanes of at least 4 members (excludes halogenated alkanes) is 1. The van der Waals surface area contributed by atoms with Crippen molar-refractivity contribution in [3.8, 4) is 0 Å². The van der Waals surface area contributed by atoms with E-state index in [4.69, 9.17) is 4.74 Å². The van der Waals surface area contributed by atoms with Gasteiger partial charge in [-0.1, -0.05) is 27.2 Å². The normalized spacial score (nSPS) is 11.1. The summed E-state index contributed by atoms with van der Waals surface area (Å²) in [7, 11) is 0. The molecule has 0 aliphatic heterocycles. The van der Waals surface area contributed by atoms with E-state index in [1.54, 1.807) is 4.68 Å². The molecule has 1 heterocycles. The minimum absolute atomic E-state index is 0.193. The third-order valence-electron chi connectivity index (χ3n) is 3.26. The Labute approximate surface area is 121 Å². The maximum atomic E-state index is 11.7. The van der Waals surface area contributed by atoms with E-state index in [1.165, 1.54) is 5.56 Å². The molecule has 0 amide bonds. The molecule has 0 unspecified atom stereocenters. The molecule has 5 nitrogen and oxygen atoms in total. The molecular formula is C15H27N3O2. The van der Waals surface area contributed by atoms with Gasteiger partial charge in [0.15, 0.2) is 0 Å². The van der Waals surface area contributed by atoms with Crippen LogP contribution in [-0.2, 0) is 22.6 Å². The lowest BCUT2D eigenvalue weighted by Gasteiger charge is -2.09. The Bertz CT molecular complexity index is 439. The number of rotatable bonds is 8. The van der Waals surface area contributed by atoms with Crippen LogP contribution in [0.15, 0.2) is 0 Å². The predicted octanol–water partition coefficient (Wildman–Crippen LogP) is 2.34. The summed E-state index contributed by atoms with van der Waals surface area (Å²) in [5.41, 5.74) is 3.17. The molecule has 0 spiro atoms. The Morgan fingerprint density at radius 1 is 1.40 bits per heavy atom. The number of carbonyl (C=O) groups is 1. The lowest BCUT2D eigenvalue weighted by atomic mass is 10.2. The van der Waals surface area contributed by atoms with Crippen LogP contribution in [0.1, 0.15) is 50.6 Å². The van der Waals surface area contributed by atoms with Crippen molar-refractivity contribution in [1.82, 2.24) is 15.1 Å². The minimum Gasteiger partial charge on any atom is -0.464 e. The predicted molar refractivity (Wildman–Crippen MR) is 79.5 cm³/mol. The fraction of sp³-hybridized carbons (Fsp3) is 0.733. The SMILES string of the molecule is CCCCOC(=O)Cn1nc(C)c(CNC(C)C)c1C. The van der Waals surface area contributed by atoms with Crippen LogP contribution < -0.4 is 5.32 Å². The van der Waals surface area contributed by atoms with Crippen molar-refractivity contribution in [2.24, 2.45) is 0 Å². The molecule has 5 heteroatoms. The number of carbonyl (C=O) groups excluding carboxylic acids is 1. The highest BCUT2D eigenvalue weighted by Crippen LogP contribution is 2.13. The second-order valence-electron chi connectivity index (χ2n) is 5.42. The lowest BCUT2D eigenvalue weighted by molar-refractivity contribution is -0.144. The van der Waals surface area contributed by atoms with Crippen molar-refractivity contribution in [2.75, 3.05) is 6.61 Å². The van der Waals surface area contributed by atoms with Gasteiger partial charge in [-0.2, -0.15) is 5.10 Å². The third-order valence-corrected chi connectivity index (χ3v) is 3.26. The zero-order valence-electron chi connectivity index (χ0n) is 13.3. The van der Waals surface area contributed by atoms with Crippen molar-refractivity contribution in [3.63, 3.8) is 0 Å². The van der Waals surface area contributed by atoms with Crippen molar-refractivity contribution in [2.45, 2.75) is 66.6 Å². The van der Waals surface area contributed by atoms with Gasteiger partial charge in [0.2, 0.25) is 0 Å². The van der Waals surface area contributed by atoms with Crippen LogP contribution in [0.25, 0.3) is 0 Å². The summed E-state index contributed by atoms with van der Waals surface area (Å²) < 4.78 is 6.91. The Morgan fingerprint density at radius 2 is 2.10 bits per heavy atom. The summed E-state index contributed by atoms with van der Waals surface area (Å²) in [5.74, 6) is -0.215. The first-order valence-corrected chi connectivity index (χ1v) is 7.37. The Hall–Kier alpha value is -1.36. The first-order valence-electron chi connectivity index (χ1n) is 7.37. The van der Waals surface area contributed by atoms with Crippen molar-refractivity contribution >= 4 is 5.97 Å². The molecule has 0 fully saturated rings.